The molecule has 25 heavy (non-hydrogen) atoms. The van der Waals surface area contributed by atoms with E-state index in [-0.39, 0.29) is 17.3 Å². The number of carbonyl (C=O) groups is 1. The molecule has 1 aliphatic rings. The van der Waals surface area contributed by atoms with Gasteiger partial charge in [0.15, 0.2) is 0 Å². The summed E-state index contributed by atoms with van der Waals surface area (Å²) in [5, 5.41) is 6.27. The second kappa shape index (κ2) is 7.85. The van der Waals surface area contributed by atoms with Crippen molar-refractivity contribution in [2.75, 3.05) is 25.1 Å². The summed E-state index contributed by atoms with van der Waals surface area (Å²) in [6.07, 6.45) is 1.55. The summed E-state index contributed by atoms with van der Waals surface area (Å²) in [6, 6.07) is 13.2. The van der Waals surface area contributed by atoms with Crippen LogP contribution in [0.15, 0.2) is 48.5 Å². The van der Waals surface area contributed by atoms with Crippen LogP contribution in [0.25, 0.3) is 0 Å². The first-order valence-corrected chi connectivity index (χ1v) is 8.59. The van der Waals surface area contributed by atoms with Gasteiger partial charge in [0.2, 0.25) is 0 Å². The topological polar surface area (TPSA) is 50.4 Å². The number of hydrogen-bond acceptors (Lipinski definition) is 2. The second-order valence-electron chi connectivity index (χ2n) is 6.22. The van der Waals surface area contributed by atoms with Crippen molar-refractivity contribution in [1.29, 1.82) is 0 Å². The summed E-state index contributed by atoms with van der Waals surface area (Å²) in [4.78, 5) is 12.2. The molecule has 0 atom stereocenters. The first kappa shape index (κ1) is 17.7. The van der Waals surface area contributed by atoms with Crippen molar-refractivity contribution in [3.63, 3.8) is 0 Å². The number of urea groups is 1. The minimum absolute atomic E-state index is 0.252. The maximum absolute atomic E-state index is 13.3. The Morgan fingerprint density at radius 3 is 2.56 bits per heavy atom. The summed E-state index contributed by atoms with van der Waals surface area (Å²) in [7, 11) is 0. The van der Waals surface area contributed by atoms with Crippen molar-refractivity contribution in [1.82, 2.24) is 5.32 Å². The van der Waals surface area contributed by atoms with E-state index in [0.717, 1.165) is 18.4 Å². The van der Waals surface area contributed by atoms with Crippen LogP contribution < -0.4 is 10.6 Å². The molecular formula is C19H20ClFN2O2. The Morgan fingerprint density at radius 2 is 1.88 bits per heavy atom. The van der Waals surface area contributed by atoms with Crippen LogP contribution >= 0.6 is 11.6 Å². The van der Waals surface area contributed by atoms with E-state index in [2.05, 4.69) is 10.6 Å². The first-order valence-electron chi connectivity index (χ1n) is 8.22. The van der Waals surface area contributed by atoms with Crippen LogP contribution in [0.3, 0.4) is 0 Å². The largest absolute Gasteiger partial charge is 0.381 e. The molecule has 132 valence electrons. The normalized spacial score (nSPS) is 16.2. The molecule has 6 heteroatoms. The maximum Gasteiger partial charge on any atom is 0.319 e. The zero-order valence-corrected chi connectivity index (χ0v) is 14.5. The second-order valence-corrected chi connectivity index (χ2v) is 6.65. The molecule has 0 spiro atoms. The molecule has 2 aromatic rings. The fourth-order valence-corrected chi connectivity index (χ4v) is 3.31. The standard InChI is InChI=1S/C19H20ClFN2O2/c20-15-2-1-3-17(12-15)23-18(24)22-13-19(8-10-25-11-9-19)14-4-6-16(21)7-5-14/h1-7,12H,8-11,13H2,(H2,22,23,24). The van der Waals surface area contributed by atoms with E-state index < -0.39 is 0 Å². The van der Waals surface area contributed by atoms with Gasteiger partial charge in [0.05, 0.1) is 0 Å². The molecular weight excluding hydrogens is 343 g/mol. The molecule has 1 aliphatic heterocycles. The highest BCUT2D eigenvalue weighted by atomic mass is 35.5. The third kappa shape index (κ3) is 4.50. The van der Waals surface area contributed by atoms with Crippen molar-refractivity contribution >= 4 is 23.3 Å². The Kier molecular flexibility index (Phi) is 5.56. The lowest BCUT2D eigenvalue weighted by Gasteiger charge is -2.38. The van der Waals surface area contributed by atoms with E-state index in [9.17, 15) is 9.18 Å². The van der Waals surface area contributed by atoms with E-state index >= 15 is 0 Å². The monoisotopic (exact) mass is 362 g/mol. The number of ether oxygens (including phenoxy) is 1. The van der Waals surface area contributed by atoms with Gasteiger partial charge >= 0.3 is 6.03 Å². The minimum atomic E-state index is -0.296. The van der Waals surface area contributed by atoms with Crippen molar-refractivity contribution in [2.24, 2.45) is 0 Å². The molecule has 0 bridgehead atoms. The summed E-state index contributed by atoms with van der Waals surface area (Å²) in [5.74, 6) is -0.266. The summed E-state index contributed by atoms with van der Waals surface area (Å²) >= 11 is 5.93. The number of benzene rings is 2. The molecule has 2 N–H and O–H groups in total. The number of rotatable bonds is 4. The van der Waals surface area contributed by atoms with Crippen LogP contribution in [0.5, 0.6) is 0 Å². The van der Waals surface area contributed by atoms with Crippen molar-refractivity contribution in [3.8, 4) is 0 Å². The number of anilines is 1. The number of carbonyl (C=O) groups excluding carboxylic acids is 1. The summed E-state index contributed by atoms with van der Waals surface area (Å²) in [6.45, 7) is 1.69. The number of nitrogens with one attached hydrogen (secondary N) is 2. The van der Waals surface area contributed by atoms with Gasteiger partial charge in [-0.05, 0) is 48.7 Å². The fraction of sp³-hybridized carbons (Fsp3) is 0.316. The Bertz CT molecular complexity index is 730. The quantitative estimate of drug-likeness (QED) is 0.849. The van der Waals surface area contributed by atoms with Gasteiger partial charge in [0, 0.05) is 35.9 Å². The Hall–Kier alpha value is -2.11. The lowest BCUT2D eigenvalue weighted by molar-refractivity contribution is 0.0508. The Balaban J connectivity index is 1.68. The van der Waals surface area contributed by atoms with Crippen molar-refractivity contribution in [2.45, 2.75) is 18.3 Å². The lowest BCUT2D eigenvalue weighted by Crippen LogP contribution is -2.45. The van der Waals surface area contributed by atoms with E-state index in [1.165, 1.54) is 12.1 Å². The summed E-state index contributed by atoms with van der Waals surface area (Å²) in [5.41, 5.74) is 1.39. The molecule has 0 unspecified atom stereocenters. The van der Waals surface area contributed by atoms with Crippen LogP contribution in [-0.4, -0.2) is 25.8 Å². The van der Waals surface area contributed by atoms with Crippen molar-refractivity contribution < 1.29 is 13.9 Å². The highest BCUT2D eigenvalue weighted by Crippen LogP contribution is 2.34. The van der Waals surface area contributed by atoms with E-state index in [1.807, 2.05) is 0 Å². The molecule has 0 radical (unpaired) electrons. The number of hydrogen-bond donors (Lipinski definition) is 2. The van der Waals surface area contributed by atoms with Gasteiger partial charge in [0.25, 0.3) is 0 Å². The van der Waals surface area contributed by atoms with Crippen LogP contribution in [0.4, 0.5) is 14.9 Å². The van der Waals surface area contributed by atoms with E-state index in [0.29, 0.717) is 30.5 Å². The Morgan fingerprint density at radius 1 is 1.16 bits per heavy atom. The van der Waals surface area contributed by atoms with E-state index in [4.69, 9.17) is 16.3 Å². The molecule has 2 amide bonds. The Labute approximate surface area is 151 Å². The number of halogens is 2. The molecule has 2 aromatic carbocycles. The smallest absolute Gasteiger partial charge is 0.319 e. The molecule has 0 aromatic heterocycles. The number of amides is 2. The average Bonchev–Trinajstić information content (AvgIpc) is 2.61. The summed E-state index contributed by atoms with van der Waals surface area (Å²) < 4.78 is 18.7. The van der Waals surface area contributed by atoms with E-state index in [1.54, 1.807) is 36.4 Å². The third-order valence-electron chi connectivity index (χ3n) is 4.58. The van der Waals surface area contributed by atoms with Crippen molar-refractivity contribution in [3.05, 3.63) is 64.9 Å². The molecule has 0 saturated carbocycles. The minimum Gasteiger partial charge on any atom is -0.381 e. The lowest BCUT2D eigenvalue weighted by atomic mass is 9.74. The molecule has 1 heterocycles. The van der Waals surface area contributed by atoms with Crippen LogP contribution in [0, 0.1) is 5.82 Å². The van der Waals surface area contributed by atoms with Gasteiger partial charge in [-0.1, -0.05) is 29.8 Å². The predicted octanol–water partition coefficient (Wildman–Crippen LogP) is 4.35. The molecule has 1 saturated heterocycles. The van der Waals surface area contributed by atoms with Gasteiger partial charge in [0.1, 0.15) is 5.82 Å². The first-order chi connectivity index (χ1) is 12.1. The van der Waals surface area contributed by atoms with Gasteiger partial charge < -0.3 is 15.4 Å². The van der Waals surface area contributed by atoms with Crippen LogP contribution in [-0.2, 0) is 10.2 Å². The van der Waals surface area contributed by atoms with Gasteiger partial charge in [-0.15, -0.1) is 0 Å². The SMILES string of the molecule is O=C(NCC1(c2ccc(F)cc2)CCOCC1)Nc1cccc(Cl)c1. The zero-order chi connectivity index (χ0) is 17.7. The zero-order valence-electron chi connectivity index (χ0n) is 13.7. The molecule has 3 rings (SSSR count). The molecule has 4 nitrogen and oxygen atoms in total. The maximum atomic E-state index is 13.3. The average molecular weight is 363 g/mol. The predicted molar refractivity (Wildman–Crippen MR) is 96.6 cm³/mol. The van der Waals surface area contributed by atoms with Gasteiger partial charge in [-0.3, -0.25) is 0 Å². The molecule has 0 aliphatic carbocycles. The highest BCUT2D eigenvalue weighted by Gasteiger charge is 2.34. The highest BCUT2D eigenvalue weighted by molar-refractivity contribution is 6.30. The van der Waals surface area contributed by atoms with Crippen LogP contribution in [0.2, 0.25) is 5.02 Å². The van der Waals surface area contributed by atoms with Gasteiger partial charge in [-0.25, -0.2) is 9.18 Å². The fourth-order valence-electron chi connectivity index (χ4n) is 3.12. The molecule has 1 fully saturated rings. The third-order valence-corrected chi connectivity index (χ3v) is 4.81. The van der Waals surface area contributed by atoms with Gasteiger partial charge in [-0.2, -0.15) is 0 Å². The van der Waals surface area contributed by atoms with Crippen LogP contribution in [0.1, 0.15) is 18.4 Å².